The van der Waals surface area contributed by atoms with Gasteiger partial charge in [-0.05, 0) is 41.6 Å². The van der Waals surface area contributed by atoms with E-state index in [4.69, 9.17) is 9.84 Å². The molecule has 2 aromatic rings. The summed E-state index contributed by atoms with van der Waals surface area (Å²) in [6.45, 7) is 0.103. The lowest BCUT2D eigenvalue weighted by Gasteiger charge is -2.15. The number of hydrogen-bond donors (Lipinski definition) is 2. The largest absolute Gasteiger partial charge is 0.466 e. The molecule has 1 amide bonds. The number of methoxy groups -OCH3 is 1. The van der Waals surface area contributed by atoms with Crippen molar-refractivity contribution in [2.45, 2.75) is 4.90 Å². The fraction of sp³-hybridized carbons (Fsp3) is 0.238. The summed E-state index contributed by atoms with van der Waals surface area (Å²) < 4.78 is 4.81. The standard InChI is InChI=1S/C21H22N2O4S/c1-27-21(26)18-13-23(10-11-24)20(25)19(18)22-16-5-3-4-15(12-16)14-6-8-17(28-2)9-7-14/h3-9,12,22,24H,10-11,13H2,1-2H3. The highest BCUT2D eigenvalue weighted by atomic mass is 32.2. The molecule has 1 aliphatic rings. The van der Waals surface area contributed by atoms with E-state index in [0.717, 1.165) is 11.1 Å². The van der Waals surface area contributed by atoms with Crippen LogP contribution in [0.5, 0.6) is 0 Å². The van der Waals surface area contributed by atoms with Crippen molar-refractivity contribution in [3.05, 3.63) is 59.8 Å². The molecular weight excluding hydrogens is 376 g/mol. The van der Waals surface area contributed by atoms with Gasteiger partial charge in [-0.25, -0.2) is 4.79 Å². The van der Waals surface area contributed by atoms with Crippen LogP contribution in [-0.4, -0.2) is 54.9 Å². The molecule has 3 rings (SSSR count). The van der Waals surface area contributed by atoms with Crippen molar-refractivity contribution in [2.75, 3.05) is 38.4 Å². The normalized spacial score (nSPS) is 13.8. The minimum Gasteiger partial charge on any atom is -0.466 e. The predicted molar refractivity (Wildman–Crippen MR) is 110 cm³/mol. The lowest BCUT2D eigenvalue weighted by atomic mass is 10.1. The molecule has 0 saturated carbocycles. The van der Waals surface area contributed by atoms with Gasteiger partial charge in [-0.1, -0.05) is 24.3 Å². The zero-order valence-corrected chi connectivity index (χ0v) is 16.6. The molecule has 7 heteroatoms. The van der Waals surface area contributed by atoms with E-state index < -0.39 is 5.97 Å². The van der Waals surface area contributed by atoms with Gasteiger partial charge in [0.25, 0.3) is 5.91 Å². The molecule has 0 saturated heterocycles. The van der Waals surface area contributed by atoms with Crippen LogP contribution in [0.15, 0.2) is 64.7 Å². The third-order valence-electron chi connectivity index (χ3n) is 4.51. The Labute approximate surface area is 168 Å². The van der Waals surface area contributed by atoms with Gasteiger partial charge < -0.3 is 20.1 Å². The minimum atomic E-state index is -0.555. The summed E-state index contributed by atoms with van der Waals surface area (Å²) in [5.74, 6) is -0.885. The van der Waals surface area contributed by atoms with Crippen molar-refractivity contribution in [1.82, 2.24) is 4.90 Å². The van der Waals surface area contributed by atoms with E-state index in [-0.39, 0.29) is 36.9 Å². The van der Waals surface area contributed by atoms with Crippen LogP contribution in [0.25, 0.3) is 11.1 Å². The number of amides is 1. The minimum absolute atomic E-state index is 0.115. The number of benzene rings is 2. The number of rotatable bonds is 7. The maximum Gasteiger partial charge on any atom is 0.337 e. The molecule has 2 N–H and O–H groups in total. The van der Waals surface area contributed by atoms with Crippen molar-refractivity contribution >= 4 is 29.3 Å². The molecule has 0 aliphatic carbocycles. The Morgan fingerprint density at radius 1 is 1.21 bits per heavy atom. The summed E-state index contributed by atoms with van der Waals surface area (Å²) in [4.78, 5) is 27.3. The lowest BCUT2D eigenvalue weighted by Crippen LogP contribution is -2.31. The average Bonchev–Trinajstić information content (AvgIpc) is 3.03. The van der Waals surface area contributed by atoms with E-state index in [0.29, 0.717) is 5.69 Å². The molecule has 0 bridgehead atoms. The number of esters is 1. The van der Waals surface area contributed by atoms with Crippen molar-refractivity contribution < 1.29 is 19.4 Å². The van der Waals surface area contributed by atoms with Gasteiger partial charge in [0.2, 0.25) is 0 Å². The van der Waals surface area contributed by atoms with E-state index in [1.54, 1.807) is 11.8 Å². The van der Waals surface area contributed by atoms with Gasteiger partial charge in [-0.15, -0.1) is 11.8 Å². The Morgan fingerprint density at radius 2 is 1.96 bits per heavy atom. The molecule has 146 valence electrons. The highest BCUT2D eigenvalue weighted by Gasteiger charge is 2.34. The van der Waals surface area contributed by atoms with Crippen LogP contribution in [0.4, 0.5) is 5.69 Å². The van der Waals surface area contributed by atoms with Crippen LogP contribution in [-0.2, 0) is 14.3 Å². The SMILES string of the molecule is COC(=O)C1=C(Nc2cccc(-c3ccc(SC)cc3)c2)C(=O)N(CCO)C1. The molecule has 0 aromatic heterocycles. The first kappa shape index (κ1) is 20.0. The van der Waals surface area contributed by atoms with Gasteiger partial charge in [-0.3, -0.25) is 4.79 Å². The molecule has 0 fully saturated rings. The number of anilines is 1. The Hall–Kier alpha value is -2.77. The fourth-order valence-corrected chi connectivity index (χ4v) is 3.46. The molecule has 0 atom stereocenters. The Kier molecular flexibility index (Phi) is 6.38. The number of carbonyl (C=O) groups excluding carboxylic acids is 2. The molecule has 6 nitrogen and oxygen atoms in total. The number of nitrogens with one attached hydrogen (secondary N) is 1. The highest BCUT2D eigenvalue weighted by molar-refractivity contribution is 7.98. The maximum atomic E-state index is 12.6. The summed E-state index contributed by atoms with van der Waals surface area (Å²) in [5.41, 5.74) is 3.20. The number of aliphatic hydroxyl groups is 1. The van der Waals surface area contributed by atoms with Crippen molar-refractivity contribution in [2.24, 2.45) is 0 Å². The van der Waals surface area contributed by atoms with Gasteiger partial charge in [0.1, 0.15) is 5.70 Å². The molecule has 2 aromatic carbocycles. The summed E-state index contributed by atoms with van der Waals surface area (Å²) in [6, 6.07) is 15.9. The van der Waals surface area contributed by atoms with Crippen molar-refractivity contribution in [3.63, 3.8) is 0 Å². The number of aliphatic hydroxyl groups excluding tert-OH is 1. The second-order valence-corrected chi connectivity index (χ2v) is 7.11. The Balaban J connectivity index is 1.88. The average molecular weight is 398 g/mol. The first-order valence-corrected chi connectivity index (χ1v) is 10.0. The van der Waals surface area contributed by atoms with Crippen LogP contribution in [0, 0.1) is 0 Å². The number of hydrogen-bond acceptors (Lipinski definition) is 6. The van der Waals surface area contributed by atoms with Gasteiger partial charge in [0.05, 0.1) is 25.8 Å². The van der Waals surface area contributed by atoms with Gasteiger partial charge in [0.15, 0.2) is 0 Å². The zero-order valence-electron chi connectivity index (χ0n) is 15.8. The molecule has 0 unspecified atom stereocenters. The highest BCUT2D eigenvalue weighted by Crippen LogP contribution is 2.27. The van der Waals surface area contributed by atoms with Gasteiger partial charge in [-0.2, -0.15) is 0 Å². The molecule has 0 radical (unpaired) electrons. The molecular formula is C21H22N2O4S. The Morgan fingerprint density at radius 3 is 2.61 bits per heavy atom. The fourth-order valence-electron chi connectivity index (χ4n) is 3.05. The third kappa shape index (κ3) is 4.21. The molecule has 0 spiro atoms. The van der Waals surface area contributed by atoms with Crippen molar-refractivity contribution in [3.8, 4) is 11.1 Å². The number of nitrogens with zero attached hydrogens (tertiary/aromatic N) is 1. The monoisotopic (exact) mass is 398 g/mol. The van der Waals surface area contributed by atoms with Crippen LogP contribution in [0.2, 0.25) is 0 Å². The van der Waals surface area contributed by atoms with E-state index >= 15 is 0 Å². The number of ether oxygens (including phenoxy) is 1. The van der Waals surface area contributed by atoms with Crippen LogP contribution >= 0.6 is 11.8 Å². The summed E-state index contributed by atoms with van der Waals surface area (Å²) >= 11 is 1.68. The maximum absolute atomic E-state index is 12.6. The lowest BCUT2D eigenvalue weighted by molar-refractivity contribution is -0.136. The smallest absolute Gasteiger partial charge is 0.337 e. The first-order valence-electron chi connectivity index (χ1n) is 8.80. The summed E-state index contributed by atoms with van der Waals surface area (Å²) in [5, 5.41) is 12.2. The third-order valence-corrected chi connectivity index (χ3v) is 5.25. The predicted octanol–water partition coefficient (Wildman–Crippen LogP) is 2.75. The van der Waals surface area contributed by atoms with Crippen LogP contribution < -0.4 is 5.32 Å². The number of β-amino-alcohol motifs (C(OH)–C–C–N with tert-alkyl or cyclic N) is 1. The van der Waals surface area contributed by atoms with E-state index in [1.165, 1.54) is 16.9 Å². The van der Waals surface area contributed by atoms with Crippen LogP contribution in [0.1, 0.15) is 0 Å². The quantitative estimate of drug-likeness (QED) is 0.552. The topological polar surface area (TPSA) is 78.9 Å². The second-order valence-electron chi connectivity index (χ2n) is 6.23. The van der Waals surface area contributed by atoms with Gasteiger partial charge >= 0.3 is 5.97 Å². The molecule has 28 heavy (non-hydrogen) atoms. The second kappa shape index (κ2) is 8.95. The zero-order chi connectivity index (χ0) is 20.1. The molecule has 1 aliphatic heterocycles. The molecule has 1 heterocycles. The van der Waals surface area contributed by atoms with E-state index in [2.05, 4.69) is 17.4 Å². The number of thioether (sulfide) groups is 1. The summed E-state index contributed by atoms with van der Waals surface area (Å²) in [7, 11) is 1.28. The van der Waals surface area contributed by atoms with E-state index in [1.807, 2.05) is 42.7 Å². The first-order chi connectivity index (χ1) is 13.6. The summed E-state index contributed by atoms with van der Waals surface area (Å²) in [6.07, 6.45) is 2.03. The van der Waals surface area contributed by atoms with E-state index in [9.17, 15) is 9.59 Å². The Bertz CT molecular complexity index is 909. The van der Waals surface area contributed by atoms with Crippen LogP contribution in [0.3, 0.4) is 0 Å². The number of carbonyl (C=O) groups is 2. The van der Waals surface area contributed by atoms with Crippen molar-refractivity contribution in [1.29, 1.82) is 0 Å². The van der Waals surface area contributed by atoms with Gasteiger partial charge in [0, 0.05) is 17.1 Å².